The molecular formula is C14H15F3N4OS. The minimum atomic E-state index is -4.39. The van der Waals surface area contributed by atoms with Crippen LogP contribution in [0, 0.1) is 6.92 Å². The first-order chi connectivity index (χ1) is 10.7. The number of hydrogen-bond donors (Lipinski definition) is 1. The van der Waals surface area contributed by atoms with Gasteiger partial charge in [0.15, 0.2) is 5.16 Å². The van der Waals surface area contributed by atoms with Crippen molar-refractivity contribution in [1.82, 2.24) is 14.8 Å². The van der Waals surface area contributed by atoms with Crippen molar-refractivity contribution in [3.8, 4) is 0 Å². The fourth-order valence-corrected chi connectivity index (χ4v) is 2.55. The Morgan fingerprint density at radius 3 is 2.35 bits per heavy atom. The molecule has 0 bridgehead atoms. The number of carbonyl (C=O) groups is 1. The summed E-state index contributed by atoms with van der Waals surface area (Å²) in [5.74, 6) is 0.401. The van der Waals surface area contributed by atoms with Gasteiger partial charge in [0.1, 0.15) is 5.82 Å². The smallest absolute Gasteiger partial charge is 0.325 e. The molecule has 0 spiro atoms. The van der Waals surface area contributed by atoms with Gasteiger partial charge in [-0.2, -0.15) is 13.2 Å². The van der Waals surface area contributed by atoms with Crippen LogP contribution in [0.4, 0.5) is 18.9 Å². The molecule has 2 aromatic rings. The number of aromatic nitrogens is 3. The van der Waals surface area contributed by atoms with Crippen LogP contribution in [-0.4, -0.2) is 25.9 Å². The van der Waals surface area contributed by atoms with E-state index in [2.05, 4.69) is 15.5 Å². The number of carbonyl (C=O) groups excluding carboxylic acids is 1. The molecule has 0 aliphatic heterocycles. The number of alkyl halides is 3. The Morgan fingerprint density at radius 2 is 1.87 bits per heavy atom. The van der Waals surface area contributed by atoms with Crippen molar-refractivity contribution in [3.63, 3.8) is 0 Å². The molecule has 0 saturated carbocycles. The van der Waals surface area contributed by atoms with Crippen LogP contribution in [0.25, 0.3) is 0 Å². The molecule has 1 aromatic heterocycles. The monoisotopic (exact) mass is 344 g/mol. The molecule has 0 fully saturated rings. The average molecular weight is 344 g/mol. The number of halogens is 3. The molecule has 0 aliphatic rings. The number of nitrogens with zero attached hydrogens (tertiary/aromatic N) is 3. The molecular weight excluding hydrogens is 329 g/mol. The van der Waals surface area contributed by atoms with E-state index < -0.39 is 17.0 Å². The molecule has 0 radical (unpaired) electrons. The van der Waals surface area contributed by atoms with Gasteiger partial charge in [-0.1, -0.05) is 11.8 Å². The highest BCUT2D eigenvalue weighted by Gasteiger charge is 2.30. The fraction of sp³-hybridized carbons (Fsp3) is 0.357. The van der Waals surface area contributed by atoms with Crippen LogP contribution in [-0.2, 0) is 18.0 Å². The lowest BCUT2D eigenvalue weighted by atomic mass is 10.2. The van der Waals surface area contributed by atoms with Crippen molar-refractivity contribution < 1.29 is 18.0 Å². The first-order valence-electron chi connectivity index (χ1n) is 6.69. The Kier molecular flexibility index (Phi) is 4.98. The van der Waals surface area contributed by atoms with Gasteiger partial charge in [-0.05, 0) is 38.1 Å². The summed E-state index contributed by atoms with van der Waals surface area (Å²) in [5.41, 5.74) is -0.447. The predicted molar refractivity (Wildman–Crippen MR) is 81.1 cm³/mol. The Balaban J connectivity index is 1.99. The lowest BCUT2D eigenvalue weighted by Crippen LogP contribution is -2.23. The number of anilines is 1. The lowest BCUT2D eigenvalue weighted by molar-refractivity contribution is -0.137. The molecule has 0 saturated heterocycles. The van der Waals surface area contributed by atoms with E-state index >= 15 is 0 Å². The molecule has 9 heteroatoms. The molecule has 1 heterocycles. The van der Waals surface area contributed by atoms with Gasteiger partial charge in [0.25, 0.3) is 0 Å². The molecule has 1 amide bonds. The third-order valence-corrected chi connectivity index (χ3v) is 4.32. The summed E-state index contributed by atoms with van der Waals surface area (Å²) < 4.78 is 39.2. The van der Waals surface area contributed by atoms with Gasteiger partial charge in [0.2, 0.25) is 5.91 Å². The van der Waals surface area contributed by atoms with Crippen LogP contribution in [0.15, 0.2) is 29.4 Å². The van der Waals surface area contributed by atoms with E-state index in [0.29, 0.717) is 10.8 Å². The molecule has 1 unspecified atom stereocenters. The number of rotatable bonds is 4. The largest absolute Gasteiger partial charge is 0.416 e. The quantitative estimate of drug-likeness (QED) is 0.865. The van der Waals surface area contributed by atoms with E-state index in [1.54, 1.807) is 25.5 Å². The van der Waals surface area contributed by atoms with Crippen LogP contribution in [0.3, 0.4) is 0 Å². The van der Waals surface area contributed by atoms with Gasteiger partial charge in [-0.3, -0.25) is 4.79 Å². The first kappa shape index (κ1) is 17.3. The third kappa shape index (κ3) is 4.25. The summed E-state index contributed by atoms with van der Waals surface area (Å²) in [6, 6.07) is 4.31. The normalized spacial score (nSPS) is 13.0. The zero-order valence-electron chi connectivity index (χ0n) is 12.7. The van der Waals surface area contributed by atoms with Crippen molar-refractivity contribution in [2.45, 2.75) is 30.4 Å². The van der Waals surface area contributed by atoms with Crippen LogP contribution in [0.2, 0.25) is 0 Å². The molecule has 5 nitrogen and oxygen atoms in total. The minimum absolute atomic E-state index is 0.310. The second kappa shape index (κ2) is 6.61. The zero-order chi connectivity index (χ0) is 17.2. The summed E-state index contributed by atoms with van der Waals surface area (Å²) >= 11 is 1.22. The number of amides is 1. The molecule has 23 heavy (non-hydrogen) atoms. The maximum atomic E-state index is 12.5. The molecule has 124 valence electrons. The zero-order valence-corrected chi connectivity index (χ0v) is 13.5. The highest BCUT2D eigenvalue weighted by atomic mass is 32.2. The molecule has 0 aliphatic carbocycles. The number of nitrogens with one attached hydrogen (secondary N) is 1. The summed E-state index contributed by atoms with van der Waals surface area (Å²) in [6.07, 6.45) is -4.39. The summed E-state index contributed by atoms with van der Waals surface area (Å²) in [7, 11) is 1.79. The Bertz CT molecular complexity index is 697. The highest BCUT2D eigenvalue weighted by Crippen LogP contribution is 2.30. The van der Waals surface area contributed by atoms with Crippen molar-refractivity contribution in [2.75, 3.05) is 5.32 Å². The Hall–Kier alpha value is -2.03. The summed E-state index contributed by atoms with van der Waals surface area (Å²) in [5, 5.41) is 10.6. The lowest BCUT2D eigenvalue weighted by Gasteiger charge is -2.12. The van der Waals surface area contributed by atoms with Crippen molar-refractivity contribution in [2.24, 2.45) is 7.05 Å². The molecule has 1 atom stereocenters. The Labute approximate surface area is 135 Å². The molecule has 1 N–H and O–H groups in total. The molecule has 2 rings (SSSR count). The van der Waals surface area contributed by atoms with Crippen LogP contribution < -0.4 is 5.32 Å². The Morgan fingerprint density at radius 1 is 1.26 bits per heavy atom. The standard InChI is InChI=1S/C14H15F3N4OS/c1-8(23-13-20-19-9(2)21(13)3)12(22)18-11-6-4-10(5-7-11)14(15,16)17/h4-8H,1-3H3,(H,18,22). The minimum Gasteiger partial charge on any atom is -0.325 e. The maximum Gasteiger partial charge on any atom is 0.416 e. The summed E-state index contributed by atoms with van der Waals surface area (Å²) in [4.78, 5) is 12.1. The maximum absolute atomic E-state index is 12.5. The highest BCUT2D eigenvalue weighted by molar-refractivity contribution is 8.00. The number of benzene rings is 1. The van der Waals surface area contributed by atoms with Gasteiger partial charge in [-0.15, -0.1) is 10.2 Å². The average Bonchev–Trinajstić information content (AvgIpc) is 2.79. The van der Waals surface area contributed by atoms with Gasteiger partial charge in [0.05, 0.1) is 10.8 Å². The number of aryl methyl sites for hydroxylation is 1. The number of thioether (sulfide) groups is 1. The van der Waals surface area contributed by atoms with Gasteiger partial charge in [0, 0.05) is 12.7 Å². The van der Waals surface area contributed by atoms with E-state index in [0.717, 1.165) is 18.0 Å². The fourth-order valence-electron chi connectivity index (χ4n) is 1.69. The molecule has 1 aromatic carbocycles. The number of hydrogen-bond acceptors (Lipinski definition) is 4. The van der Waals surface area contributed by atoms with Crippen LogP contribution >= 0.6 is 11.8 Å². The van der Waals surface area contributed by atoms with Crippen LogP contribution in [0.1, 0.15) is 18.3 Å². The summed E-state index contributed by atoms with van der Waals surface area (Å²) in [6.45, 7) is 3.48. The van der Waals surface area contributed by atoms with Gasteiger partial charge < -0.3 is 9.88 Å². The predicted octanol–water partition coefficient (Wildman–Crippen LogP) is 3.26. The van der Waals surface area contributed by atoms with Crippen molar-refractivity contribution >= 4 is 23.4 Å². The van der Waals surface area contributed by atoms with Gasteiger partial charge >= 0.3 is 6.18 Å². The van der Waals surface area contributed by atoms with Gasteiger partial charge in [-0.25, -0.2) is 0 Å². The van der Waals surface area contributed by atoms with E-state index in [9.17, 15) is 18.0 Å². The van der Waals surface area contributed by atoms with Crippen molar-refractivity contribution in [3.05, 3.63) is 35.7 Å². The van der Waals surface area contributed by atoms with Crippen LogP contribution in [0.5, 0.6) is 0 Å². The topological polar surface area (TPSA) is 59.8 Å². The van der Waals surface area contributed by atoms with Crippen molar-refractivity contribution in [1.29, 1.82) is 0 Å². The first-order valence-corrected chi connectivity index (χ1v) is 7.57. The van der Waals surface area contributed by atoms with E-state index in [-0.39, 0.29) is 5.91 Å². The van der Waals surface area contributed by atoms with E-state index in [4.69, 9.17) is 0 Å². The van der Waals surface area contributed by atoms with E-state index in [1.165, 1.54) is 23.9 Å². The second-order valence-electron chi connectivity index (χ2n) is 4.91. The SMILES string of the molecule is Cc1nnc(SC(C)C(=O)Nc2ccc(C(F)(F)F)cc2)n1C. The van der Waals surface area contributed by atoms with E-state index in [1.807, 2.05) is 0 Å². The third-order valence-electron chi connectivity index (χ3n) is 3.18. The second-order valence-corrected chi connectivity index (χ2v) is 6.22.